The Hall–Kier alpha value is -3.19. The number of nitrogens with one attached hydrogen (secondary N) is 1. The molecule has 0 radical (unpaired) electrons. The van der Waals surface area contributed by atoms with Crippen molar-refractivity contribution in [2.75, 3.05) is 12.9 Å². The van der Waals surface area contributed by atoms with Crippen LogP contribution in [0, 0.1) is 11.8 Å². The van der Waals surface area contributed by atoms with Gasteiger partial charge in [-0.15, -0.1) is 0 Å². The first-order valence-electron chi connectivity index (χ1n) is 13.4. The summed E-state index contributed by atoms with van der Waals surface area (Å²) in [5.41, 5.74) is 6.71. The molecule has 1 amide bonds. The Balaban J connectivity index is 1.26. The number of hydroxylamine groups is 1. The second kappa shape index (κ2) is 10.8. The van der Waals surface area contributed by atoms with E-state index in [1.165, 1.54) is 25.3 Å². The van der Waals surface area contributed by atoms with Crippen molar-refractivity contribution in [3.05, 3.63) is 65.4 Å². The number of aryl methyl sites for hydroxylation is 1. The average molecular weight is 550 g/mol. The summed E-state index contributed by atoms with van der Waals surface area (Å²) in [6.45, 7) is 4.49. The zero-order chi connectivity index (χ0) is 27.7. The van der Waals surface area contributed by atoms with Gasteiger partial charge in [0.05, 0.1) is 11.7 Å². The van der Waals surface area contributed by atoms with Gasteiger partial charge in [0.1, 0.15) is 0 Å². The van der Waals surface area contributed by atoms with E-state index in [9.17, 15) is 13.2 Å². The number of ether oxygens (including phenoxy) is 1. The molecule has 1 saturated carbocycles. The Labute approximate surface area is 229 Å². The molecule has 3 aromatic rings. The molecule has 2 aliphatic rings. The van der Waals surface area contributed by atoms with Gasteiger partial charge in [0.2, 0.25) is 0 Å². The fourth-order valence-electron chi connectivity index (χ4n) is 4.74. The van der Waals surface area contributed by atoms with E-state index in [4.69, 9.17) is 9.57 Å². The summed E-state index contributed by atoms with van der Waals surface area (Å²) < 4.78 is 30.8. The third-order valence-corrected chi connectivity index (χ3v) is 10.1. The number of rotatable bonds is 8. The third-order valence-electron chi connectivity index (χ3n) is 8.10. The van der Waals surface area contributed by atoms with Crippen LogP contribution in [-0.4, -0.2) is 48.0 Å². The summed E-state index contributed by atoms with van der Waals surface area (Å²) >= 11 is 0. The predicted molar refractivity (Wildman–Crippen MR) is 149 cm³/mol. The minimum atomic E-state index is -3.76. The third kappa shape index (κ3) is 6.03. The lowest BCUT2D eigenvalue weighted by atomic mass is 9.97. The van der Waals surface area contributed by atoms with Crippen LogP contribution in [0.1, 0.15) is 69.1 Å². The van der Waals surface area contributed by atoms with E-state index in [1.807, 2.05) is 18.2 Å². The zero-order valence-corrected chi connectivity index (χ0v) is 23.5. The topological polar surface area (TPSA) is 99.5 Å². The largest absolute Gasteiger partial charge is 0.350 e. The average Bonchev–Trinajstić information content (AvgIpc) is 3.56. The van der Waals surface area contributed by atoms with Crippen LogP contribution < -0.4 is 5.48 Å². The Morgan fingerprint density at radius 3 is 2.56 bits per heavy atom. The second-order valence-corrected chi connectivity index (χ2v) is 13.6. The first kappa shape index (κ1) is 27.4. The molecule has 39 heavy (non-hydrogen) atoms. The van der Waals surface area contributed by atoms with Crippen LogP contribution >= 0.6 is 0 Å². The van der Waals surface area contributed by atoms with Crippen LogP contribution in [0.25, 0.3) is 10.9 Å². The SMILES string of the molecule is CC1(c2ccc(C#Cc3ccc4c(cnn4CC[C@](C)(C(=O)NOC4CCCCO4)S(C)(=O)=O)c3)cc2)CC1. The minimum absolute atomic E-state index is 0.0277. The van der Waals surface area contributed by atoms with Crippen LogP contribution in [0.15, 0.2) is 48.7 Å². The number of benzene rings is 2. The van der Waals surface area contributed by atoms with Crippen molar-refractivity contribution in [1.82, 2.24) is 15.3 Å². The van der Waals surface area contributed by atoms with E-state index >= 15 is 0 Å². The fraction of sp³-hybridized carbons (Fsp3) is 0.467. The summed E-state index contributed by atoms with van der Waals surface area (Å²) in [5.74, 6) is 5.74. The van der Waals surface area contributed by atoms with Gasteiger partial charge in [-0.3, -0.25) is 9.48 Å². The highest BCUT2D eigenvalue weighted by atomic mass is 32.2. The van der Waals surface area contributed by atoms with E-state index in [-0.39, 0.29) is 13.0 Å². The molecule has 8 nitrogen and oxygen atoms in total. The molecule has 2 heterocycles. The van der Waals surface area contributed by atoms with Crippen molar-refractivity contribution in [3.63, 3.8) is 0 Å². The van der Waals surface area contributed by atoms with Gasteiger partial charge in [-0.2, -0.15) is 5.10 Å². The van der Waals surface area contributed by atoms with Crippen molar-refractivity contribution >= 4 is 26.6 Å². The fourth-order valence-corrected chi connectivity index (χ4v) is 5.58. The molecule has 1 aliphatic carbocycles. The van der Waals surface area contributed by atoms with E-state index in [2.05, 4.69) is 53.6 Å². The first-order chi connectivity index (χ1) is 18.6. The summed E-state index contributed by atoms with van der Waals surface area (Å²) in [6, 6.07) is 14.3. The summed E-state index contributed by atoms with van der Waals surface area (Å²) in [7, 11) is -3.76. The maximum absolute atomic E-state index is 13.0. The van der Waals surface area contributed by atoms with Crippen molar-refractivity contribution in [3.8, 4) is 11.8 Å². The maximum Gasteiger partial charge on any atom is 0.264 e. The minimum Gasteiger partial charge on any atom is -0.350 e. The lowest BCUT2D eigenvalue weighted by Gasteiger charge is -2.28. The molecular weight excluding hydrogens is 514 g/mol. The zero-order valence-electron chi connectivity index (χ0n) is 22.7. The number of nitrogens with zero attached hydrogens (tertiary/aromatic N) is 2. The molecule has 1 aliphatic heterocycles. The van der Waals surface area contributed by atoms with Crippen molar-refractivity contribution in [2.24, 2.45) is 0 Å². The van der Waals surface area contributed by atoms with E-state index < -0.39 is 26.8 Å². The van der Waals surface area contributed by atoms with Gasteiger partial charge in [0.15, 0.2) is 20.9 Å². The van der Waals surface area contributed by atoms with Crippen LogP contribution in [0.4, 0.5) is 0 Å². The van der Waals surface area contributed by atoms with Gasteiger partial charge in [0.25, 0.3) is 5.91 Å². The molecule has 0 bridgehead atoms. The van der Waals surface area contributed by atoms with Gasteiger partial charge in [-0.05, 0) is 80.3 Å². The molecule has 9 heteroatoms. The van der Waals surface area contributed by atoms with Gasteiger partial charge in [0, 0.05) is 42.3 Å². The van der Waals surface area contributed by atoms with Crippen LogP contribution in [0.2, 0.25) is 0 Å². The molecule has 2 aromatic carbocycles. The monoisotopic (exact) mass is 549 g/mol. The number of hydrogen-bond donors (Lipinski definition) is 1. The van der Waals surface area contributed by atoms with Gasteiger partial charge >= 0.3 is 0 Å². The van der Waals surface area contributed by atoms with E-state index in [0.717, 1.165) is 41.1 Å². The number of sulfone groups is 1. The second-order valence-electron chi connectivity index (χ2n) is 11.1. The molecule has 206 valence electrons. The van der Waals surface area contributed by atoms with Crippen LogP contribution in [0.3, 0.4) is 0 Å². The molecule has 1 unspecified atom stereocenters. The van der Waals surface area contributed by atoms with Crippen molar-refractivity contribution in [2.45, 2.75) is 75.4 Å². The maximum atomic E-state index is 13.0. The normalized spacial score (nSPS) is 20.0. The molecule has 0 spiro atoms. The highest BCUT2D eigenvalue weighted by molar-refractivity contribution is 7.92. The van der Waals surface area contributed by atoms with Crippen molar-refractivity contribution < 1.29 is 22.8 Å². The number of amides is 1. The lowest BCUT2D eigenvalue weighted by molar-refractivity contribution is -0.201. The van der Waals surface area contributed by atoms with E-state index in [0.29, 0.717) is 18.4 Å². The Kier molecular flexibility index (Phi) is 7.55. The molecule has 2 fully saturated rings. The standard InChI is InChI=1S/C30H35N3O5S/c1-29(15-16-29)25-12-9-22(10-13-25)7-8-23-11-14-26-24(20-23)21-31-33(26)18-17-30(2,39(3,35)36)28(34)32-38-27-6-4-5-19-37-27/h9-14,20-21,27H,4-6,15-19H2,1-3H3,(H,32,34)/t27?,30-/m1/s1. The number of fused-ring (bicyclic) bond motifs is 1. The molecule has 2 atom stereocenters. The molecule has 1 aromatic heterocycles. The van der Waals surface area contributed by atoms with Crippen molar-refractivity contribution in [1.29, 1.82) is 0 Å². The number of carbonyl (C=O) groups is 1. The highest BCUT2D eigenvalue weighted by Gasteiger charge is 2.44. The van der Waals surface area contributed by atoms with Crippen LogP contribution in [-0.2, 0) is 36.2 Å². The van der Waals surface area contributed by atoms with Gasteiger partial charge < -0.3 is 4.74 Å². The molecule has 5 rings (SSSR count). The number of hydrogen-bond acceptors (Lipinski definition) is 6. The molecular formula is C30H35N3O5S. The van der Waals surface area contributed by atoms with Crippen LogP contribution in [0.5, 0.6) is 0 Å². The quantitative estimate of drug-likeness (QED) is 0.333. The molecule has 1 saturated heterocycles. The first-order valence-corrected chi connectivity index (χ1v) is 15.3. The van der Waals surface area contributed by atoms with Gasteiger partial charge in [-0.1, -0.05) is 30.9 Å². The smallest absolute Gasteiger partial charge is 0.264 e. The predicted octanol–water partition coefficient (Wildman–Crippen LogP) is 4.26. The Morgan fingerprint density at radius 1 is 1.18 bits per heavy atom. The lowest BCUT2D eigenvalue weighted by Crippen LogP contribution is -2.51. The number of aromatic nitrogens is 2. The van der Waals surface area contributed by atoms with E-state index in [1.54, 1.807) is 10.9 Å². The Morgan fingerprint density at radius 2 is 1.90 bits per heavy atom. The van der Waals surface area contributed by atoms with Gasteiger partial charge in [-0.25, -0.2) is 18.7 Å². The summed E-state index contributed by atoms with van der Waals surface area (Å²) in [6.07, 6.45) is 7.26. The summed E-state index contributed by atoms with van der Waals surface area (Å²) in [4.78, 5) is 18.3. The summed E-state index contributed by atoms with van der Waals surface area (Å²) in [5, 5.41) is 5.34. The molecule has 1 N–H and O–H groups in total. The highest BCUT2D eigenvalue weighted by Crippen LogP contribution is 2.47. The number of carbonyl (C=O) groups excluding carboxylic acids is 1. The Bertz CT molecular complexity index is 1520.